The Morgan fingerprint density at radius 3 is 2.67 bits per heavy atom. The van der Waals surface area contributed by atoms with Crippen molar-refractivity contribution in [3.63, 3.8) is 0 Å². The van der Waals surface area contributed by atoms with E-state index in [-0.39, 0.29) is 6.61 Å². The molecule has 1 rings (SSSR count). The van der Waals surface area contributed by atoms with Gasteiger partial charge in [0.1, 0.15) is 5.60 Å². The standard InChI is InChI=1S/C13H20N2O3/c1-9-5-10(6-11(8-16)15-9)7-14-12(17)18-13(2,3)4/h5-6,16H,7-8H2,1-4H3,(H,14,17). The molecule has 1 heterocycles. The third-order valence-corrected chi connectivity index (χ3v) is 2.06. The molecule has 0 saturated heterocycles. The van der Waals surface area contributed by atoms with Gasteiger partial charge >= 0.3 is 6.09 Å². The first-order valence-corrected chi connectivity index (χ1v) is 5.84. The van der Waals surface area contributed by atoms with Gasteiger partial charge < -0.3 is 15.2 Å². The molecular formula is C13H20N2O3. The van der Waals surface area contributed by atoms with Crippen LogP contribution in [0.1, 0.15) is 37.7 Å². The number of nitrogens with zero attached hydrogens (tertiary/aromatic N) is 1. The molecular weight excluding hydrogens is 232 g/mol. The molecule has 0 unspecified atom stereocenters. The van der Waals surface area contributed by atoms with Crippen molar-refractivity contribution in [2.24, 2.45) is 0 Å². The van der Waals surface area contributed by atoms with E-state index in [1.165, 1.54) is 0 Å². The quantitative estimate of drug-likeness (QED) is 0.862. The minimum atomic E-state index is -0.505. The SMILES string of the molecule is Cc1cc(CNC(=O)OC(C)(C)C)cc(CO)n1. The van der Waals surface area contributed by atoms with Gasteiger partial charge in [0, 0.05) is 12.2 Å². The Labute approximate surface area is 107 Å². The van der Waals surface area contributed by atoms with Crippen LogP contribution in [-0.2, 0) is 17.9 Å². The lowest BCUT2D eigenvalue weighted by atomic mass is 10.2. The third-order valence-electron chi connectivity index (χ3n) is 2.06. The number of aliphatic hydroxyl groups excluding tert-OH is 1. The molecule has 1 amide bonds. The molecule has 1 aromatic rings. The summed E-state index contributed by atoms with van der Waals surface area (Å²) in [4.78, 5) is 15.6. The number of aryl methyl sites for hydroxylation is 1. The highest BCUT2D eigenvalue weighted by molar-refractivity contribution is 5.67. The molecule has 5 heteroatoms. The summed E-state index contributed by atoms with van der Waals surface area (Å²) in [5.41, 5.74) is 1.78. The molecule has 0 aromatic carbocycles. The summed E-state index contributed by atoms with van der Waals surface area (Å²) in [6, 6.07) is 3.61. The van der Waals surface area contributed by atoms with Gasteiger partial charge in [0.05, 0.1) is 12.3 Å². The van der Waals surface area contributed by atoms with Gasteiger partial charge in [-0.25, -0.2) is 4.79 Å². The fourth-order valence-corrected chi connectivity index (χ4v) is 1.49. The molecule has 1 aromatic heterocycles. The third kappa shape index (κ3) is 5.14. The van der Waals surface area contributed by atoms with Crippen molar-refractivity contribution >= 4 is 6.09 Å². The monoisotopic (exact) mass is 252 g/mol. The Kier molecular flexibility index (Phi) is 4.67. The molecule has 0 radical (unpaired) electrons. The van der Waals surface area contributed by atoms with Crippen molar-refractivity contribution in [3.8, 4) is 0 Å². The van der Waals surface area contributed by atoms with Crippen LogP contribution >= 0.6 is 0 Å². The fourth-order valence-electron chi connectivity index (χ4n) is 1.49. The van der Waals surface area contributed by atoms with Crippen molar-refractivity contribution < 1.29 is 14.6 Å². The number of carbonyl (C=O) groups is 1. The molecule has 0 bridgehead atoms. The lowest BCUT2D eigenvalue weighted by molar-refractivity contribution is 0.0523. The van der Waals surface area contributed by atoms with Gasteiger partial charge in [-0.15, -0.1) is 0 Å². The first kappa shape index (κ1) is 14.4. The van der Waals surface area contributed by atoms with Crippen LogP contribution < -0.4 is 5.32 Å². The number of rotatable bonds is 3. The van der Waals surface area contributed by atoms with E-state index in [1.54, 1.807) is 6.07 Å². The summed E-state index contributed by atoms with van der Waals surface area (Å²) in [7, 11) is 0. The van der Waals surface area contributed by atoms with Crippen LogP contribution in [0.5, 0.6) is 0 Å². The molecule has 2 N–H and O–H groups in total. The van der Waals surface area contributed by atoms with Crippen LogP contribution in [0.2, 0.25) is 0 Å². The lowest BCUT2D eigenvalue weighted by Crippen LogP contribution is -2.32. The number of hydrogen-bond acceptors (Lipinski definition) is 4. The molecule has 18 heavy (non-hydrogen) atoms. The largest absolute Gasteiger partial charge is 0.444 e. The van der Waals surface area contributed by atoms with E-state index in [2.05, 4.69) is 10.3 Å². The minimum Gasteiger partial charge on any atom is -0.444 e. The van der Waals surface area contributed by atoms with E-state index in [9.17, 15) is 4.79 Å². The highest BCUT2D eigenvalue weighted by Crippen LogP contribution is 2.08. The van der Waals surface area contributed by atoms with Gasteiger partial charge in [-0.2, -0.15) is 0 Å². The number of ether oxygens (including phenoxy) is 1. The molecule has 100 valence electrons. The van der Waals surface area contributed by atoms with Gasteiger partial charge in [0.25, 0.3) is 0 Å². The zero-order valence-electron chi connectivity index (χ0n) is 11.3. The Morgan fingerprint density at radius 2 is 2.11 bits per heavy atom. The zero-order valence-corrected chi connectivity index (χ0v) is 11.3. The van der Waals surface area contributed by atoms with Crippen molar-refractivity contribution in [2.75, 3.05) is 0 Å². The van der Waals surface area contributed by atoms with E-state index in [0.717, 1.165) is 11.3 Å². The minimum absolute atomic E-state index is 0.110. The van der Waals surface area contributed by atoms with Gasteiger partial charge in [-0.1, -0.05) is 0 Å². The Bertz CT molecular complexity index is 425. The Morgan fingerprint density at radius 1 is 1.44 bits per heavy atom. The molecule has 5 nitrogen and oxygen atoms in total. The molecule has 0 saturated carbocycles. The second-order valence-corrected chi connectivity index (χ2v) is 5.12. The van der Waals surface area contributed by atoms with E-state index >= 15 is 0 Å². The van der Waals surface area contributed by atoms with Crippen molar-refractivity contribution in [1.29, 1.82) is 0 Å². The highest BCUT2D eigenvalue weighted by atomic mass is 16.6. The lowest BCUT2D eigenvalue weighted by Gasteiger charge is -2.19. The predicted molar refractivity (Wildman–Crippen MR) is 68.0 cm³/mol. The second kappa shape index (κ2) is 5.82. The van der Waals surface area contributed by atoms with Crippen molar-refractivity contribution in [3.05, 3.63) is 29.1 Å². The number of carbonyl (C=O) groups excluding carboxylic acids is 1. The second-order valence-electron chi connectivity index (χ2n) is 5.12. The number of pyridine rings is 1. The molecule has 0 spiro atoms. The van der Waals surface area contributed by atoms with E-state index in [4.69, 9.17) is 9.84 Å². The summed E-state index contributed by atoms with van der Waals surface area (Å²) in [6.45, 7) is 7.52. The summed E-state index contributed by atoms with van der Waals surface area (Å²) in [5.74, 6) is 0. The van der Waals surface area contributed by atoms with Crippen LogP contribution in [0, 0.1) is 6.92 Å². The number of hydrogen-bond donors (Lipinski definition) is 2. The molecule has 0 aliphatic heterocycles. The average molecular weight is 252 g/mol. The van der Waals surface area contributed by atoms with Gasteiger partial charge in [0.15, 0.2) is 0 Å². The number of amides is 1. The molecule has 0 atom stereocenters. The first-order valence-electron chi connectivity index (χ1n) is 5.84. The number of alkyl carbamates (subject to hydrolysis) is 1. The van der Waals surface area contributed by atoms with Crippen LogP contribution in [0.4, 0.5) is 4.79 Å². The normalized spacial score (nSPS) is 11.2. The topological polar surface area (TPSA) is 71.5 Å². The highest BCUT2D eigenvalue weighted by Gasteiger charge is 2.15. The van der Waals surface area contributed by atoms with Crippen molar-refractivity contribution in [2.45, 2.75) is 46.4 Å². The average Bonchev–Trinajstić information content (AvgIpc) is 2.23. The van der Waals surface area contributed by atoms with Gasteiger partial charge in [0.2, 0.25) is 0 Å². The Balaban J connectivity index is 2.58. The van der Waals surface area contributed by atoms with E-state index in [1.807, 2.05) is 33.8 Å². The summed E-state index contributed by atoms with van der Waals surface area (Å²) in [6.07, 6.45) is -0.456. The predicted octanol–water partition coefficient (Wildman–Crippen LogP) is 1.91. The van der Waals surface area contributed by atoms with Crippen LogP contribution in [0.3, 0.4) is 0 Å². The Hall–Kier alpha value is -1.62. The molecule has 0 fully saturated rings. The number of aromatic nitrogens is 1. The first-order chi connectivity index (χ1) is 8.30. The van der Waals surface area contributed by atoms with Crippen LogP contribution in [-0.4, -0.2) is 21.8 Å². The summed E-state index contributed by atoms with van der Waals surface area (Å²) >= 11 is 0. The molecule has 0 aliphatic rings. The number of aliphatic hydroxyl groups is 1. The van der Waals surface area contributed by atoms with Gasteiger partial charge in [-0.05, 0) is 45.4 Å². The van der Waals surface area contributed by atoms with E-state index < -0.39 is 11.7 Å². The summed E-state index contributed by atoms with van der Waals surface area (Å²) in [5, 5.41) is 11.7. The zero-order chi connectivity index (χ0) is 13.8. The van der Waals surface area contributed by atoms with Crippen LogP contribution in [0.25, 0.3) is 0 Å². The number of nitrogens with one attached hydrogen (secondary N) is 1. The fraction of sp³-hybridized carbons (Fsp3) is 0.538. The summed E-state index contributed by atoms with van der Waals surface area (Å²) < 4.78 is 5.13. The molecule has 0 aliphatic carbocycles. The maximum atomic E-state index is 11.5. The van der Waals surface area contributed by atoms with Crippen LogP contribution in [0.15, 0.2) is 12.1 Å². The van der Waals surface area contributed by atoms with Crippen molar-refractivity contribution in [1.82, 2.24) is 10.3 Å². The maximum Gasteiger partial charge on any atom is 0.407 e. The smallest absolute Gasteiger partial charge is 0.407 e. The van der Waals surface area contributed by atoms with Gasteiger partial charge in [-0.3, -0.25) is 4.98 Å². The van der Waals surface area contributed by atoms with E-state index in [0.29, 0.717) is 12.2 Å². The maximum absolute atomic E-state index is 11.5.